The van der Waals surface area contributed by atoms with Gasteiger partial charge in [0.2, 0.25) is 0 Å². The first-order chi connectivity index (χ1) is 6.81. The average molecular weight is 224 g/mol. The molecule has 1 rings (SSSR count). The summed E-state index contributed by atoms with van der Waals surface area (Å²) in [5.41, 5.74) is 5.85. The van der Waals surface area contributed by atoms with Crippen LogP contribution in [0.1, 0.15) is 32.1 Å². The van der Waals surface area contributed by atoms with Crippen molar-refractivity contribution in [3.63, 3.8) is 0 Å². The fourth-order valence-corrected chi connectivity index (χ4v) is 2.13. The second-order valence-corrected chi connectivity index (χ2v) is 4.67. The summed E-state index contributed by atoms with van der Waals surface area (Å²) in [7, 11) is 1.49. The van der Waals surface area contributed by atoms with E-state index in [0.717, 1.165) is 25.7 Å². The van der Waals surface area contributed by atoms with Crippen molar-refractivity contribution in [1.82, 2.24) is 4.90 Å². The zero-order valence-corrected chi connectivity index (χ0v) is 9.11. The van der Waals surface area contributed by atoms with E-state index >= 15 is 0 Å². The summed E-state index contributed by atoms with van der Waals surface area (Å²) >= 11 is 0. The highest BCUT2D eigenvalue weighted by atomic mass is 19.4. The summed E-state index contributed by atoms with van der Waals surface area (Å²) in [5.74, 6) is 0. The van der Waals surface area contributed by atoms with Gasteiger partial charge in [-0.05, 0) is 32.9 Å². The van der Waals surface area contributed by atoms with Gasteiger partial charge in [0.15, 0.2) is 0 Å². The minimum Gasteiger partial charge on any atom is -0.325 e. The molecule has 1 aliphatic carbocycles. The van der Waals surface area contributed by atoms with E-state index in [0.29, 0.717) is 13.0 Å². The van der Waals surface area contributed by atoms with Crippen LogP contribution in [0.3, 0.4) is 0 Å². The Kier molecular flexibility index (Phi) is 4.00. The van der Waals surface area contributed by atoms with Gasteiger partial charge in [0, 0.05) is 5.54 Å². The van der Waals surface area contributed by atoms with Crippen molar-refractivity contribution in [2.24, 2.45) is 5.73 Å². The highest BCUT2D eigenvalue weighted by Crippen LogP contribution is 2.30. The fourth-order valence-electron chi connectivity index (χ4n) is 2.13. The molecule has 1 fully saturated rings. The lowest BCUT2D eigenvalue weighted by Crippen LogP contribution is -2.41. The molecule has 0 unspecified atom stereocenters. The number of halogens is 3. The standard InChI is InChI=1S/C10H19F3N2/c1-15(8-10(11,12)13)7-6-9(14)4-2-3-5-9/h2-8,14H2,1H3. The Labute approximate surface area is 88.6 Å². The molecule has 0 saturated heterocycles. The van der Waals surface area contributed by atoms with Crippen LogP contribution in [0.4, 0.5) is 13.2 Å². The van der Waals surface area contributed by atoms with Crippen molar-refractivity contribution in [1.29, 1.82) is 0 Å². The Morgan fingerprint density at radius 3 is 2.27 bits per heavy atom. The van der Waals surface area contributed by atoms with E-state index in [9.17, 15) is 13.2 Å². The molecular formula is C10H19F3N2. The minimum atomic E-state index is -4.10. The van der Waals surface area contributed by atoms with Crippen LogP contribution in [0.15, 0.2) is 0 Å². The molecule has 0 amide bonds. The van der Waals surface area contributed by atoms with Gasteiger partial charge in [-0.1, -0.05) is 12.8 Å². The first-order valence-electron chi connectivity index (χ1n) is 5.35. The summed E-state index contributed by atoms with van der Waals surface area (Å²) in [6, 6.07) is 0. The van der Waals surface area contributed by atoms with Crippen LogP contribution < -0.4 is 5.73 Å². The molecule has 15 heavy (non-hydrogen) atoms. The topological polar surface area (TPSA) is 29.3 Å². The number of nitrogens with zero attached hydrogens (tertiary/aromatic N) is 1. The van der Waals surface area contributed by atoms with Crippen LogP contribution >= 0.6 is 0 Å². The molecule has 1 saturated carbocycles. The second-order valence-electron chi connectivity index (χ2n) is 4.67. The second kappa shape index (κ2) is 4.70. The van der Waals surface area contributed by atoms with Crippen LogP contribution in [0.2, 0.25) is 0 Å². The summed E-state index contributed by atoms with van der Waals surface area (Å²) in [6.45, 7) is -0.418. The van der Waals surface area contributed by atoms with Crippen molar-refractivity contribution in [3.05, 3.63) is 0 Å². The van der Waals surface area contributed by atoms with Crippen LogP contribution in [0.25, 0.3) is 0 Å². The molecule has 5 heteroatoms. The molecule has 2 N–H and O–H groups in total. The van der Waals surface area contributed by atoms with Crippen LogP contribution in [-0.4, -0.2) is 36.8 Å². The highest BCUT2D eigenvalue weighted by molar-refractivity contribution is 4.89. The van der Waals surface area contributed by atoms with Crippen molar-refractivity contribution in [3.8, 4) is 0 Å². The van der Waals surface area contributed by atoms with E-state index in [4.69, 9.17) is 5.73 Å². The number of nitrogens with two attached hydrogens (primary N) is 1. The smallest absolute Gasteiger partial charge is 0.325 e. The average Bonchev–Trinajstić information content (AvgIpc) is 2.47. The highest BCUT2D eigenvalue weighted by Gasteiger charge is 2.32. The number of hydrogen-bond acceptors (Lipinski definition) is 2. The van der Waals surface area contributed by atoms with Gasteiger partial charge in [-0.2, -0.15) is 13.2 Å². The molecule has 0 bridgehead atoms. The summed E-state index contributed by atoms with van der Waals surface area (Å²) in [6.07, 6.45) is 0.685. The third-order valence-corrected chi connectivity index (χ3v) is 3.04. The zero-order chi connectivity index (χ0) is 11.5. The van der Waals surface area contributed by atoms with E-state index in [2.05, 4.69) is 0 Å². The van der Waals surface area contributed by atoms with Gasteiger partial charge < -0.3 is 5.73 Å². The van der Waals surface area contributed by atoms with Gasteiger partial charge >= 0.3 is 6.18 Å². The quantitative estimate of drug-likeness (QED) is 0.792. The lowest BCUT2D eigenvalue weighted by Gasteiger charge is -2.27. The van der Waals surface area contributed by atoms with Gasteiger partial charge in [-0.3, -0.25) is 4.90 Å². The maximum atomic E-state index is 12.0. The Morgan fingerprint density at radius 1 is 1.27 bits per heavy atom. The molecule has 1 aliphatic rings. The van der Waals surface area contributed by atoms with Crippen molar-refractivity contribution < 1.29 is 13.2 Å². The van der Waals surface area contributed by atoms with Gasteiger partial charge in [-0.15, -0.1) is 0 Å². The SMILES string of the molecule is CN(CCC1(N)CCCC1)CC(F)(F)F. The number of hydrogen-bond donors (Lipinski definition) is 1. The lowest BCUT2D eigenvalue weighted by molar-refractivity contribution is -0.143. The molecule has 0 radical (unpaired) electrons. The molecule has 0 aromatic heterocycles. The van der Waals surface area contributed by atoms with E-state index in [1.165, 1.54) is 11.9 Å². The molecule has 2 nitrogen and oxygen atoms in total. The molecule has 0 aromatic carbocycles. The van der Waals surface area contributed by atoms with Gasteiger partial charge in [-0.25, -0.2) is 0 Å². The summed E-state index contributed by atoms with van der Waals surface area (Å²) in [5, 5.41) is 0. The number of alkyl halides is 3. The Morgan fingerprint density at radius 2 is 1.80 bits per heavy atom. The molecule has 0 spiro atoms. The van der Waals surface area contributed by atoms with E-state index in [1.807, 2.05) is 0 Å². The zero-order valence-electron chi connectivity index (χ0n) is 9.11. The van der Waals surface area contributed by atoms with E-state index in [-0.39, 0.29) is 5.54 Å². The molecule has 0 heterocycles. The molecule has 0 aromatic rings. The third-order valence-electron chi connectivity index (χ3n) is 3.04. The molecule has 90 valence electrons. The fraction of sp³-hybridized carbons (Fsp3) is 1.00. The van der Waals surface area contributed by atoms with E-state index < -0.39 is 12.7 Å². The van der Waals surface area contributed by atoms with Crippen LogP contribution in [0.5, 0.6) is 0 Å². The Balaban J connectivity index is 2.24. The normalized spacial score (nSPS) is 21.2. The van der Waals surface area contributed by atoms with Crippen LogP contribution in [-0.2, 0) is 0 Å². The predicted octanol–water partition coefficient (Wildman–Crippen LogP) is 2.14. The first kappa shape index (κ1) is 12.8. The Hall–Kier alpha value is -0.290. The monoisotopic (exact) mass is 224 g/mol. The maximum absolute atomic E-state index is 12.0. The minimum absolute atomic E-state index is 0.208. The first-order valence-corrected chi connectivity index (χ1v) is 5.35. The molecule has 0 aliphatic heterocycles. The third kappa shape index (κ3) is 4.84. The van der Waals surface area contributed by atoms with E-state index in [1.54, 1.807) is 0 Å². The molecule has 0 atom stereocenters. The molecular weight excluding hydrogens is 205 g/mol. The van der Waals surface area contributed by atoms with Gasteiger partial charge in [0.05, 0.1) is 6.54 Å². The van der Waals surface area contributed by atoms with Crippen molar-refractivity contribution in [2.45, 2.75) is 43.8 Å². The Bertz CT molecular complexity index is 197. The van der Waals surface area contributed by atoms with Gasteiger partial charge in [0.25, 0.3) is 0 Å². The van der Waals surface area contributed by atoms with Crippen molar-refractivity contribution >= 4 is 0 Å². The predicted molar refractivity (Wildman–Crippen MR) is 53.6 cm³/mol. The summed E-state index contributed by atoms with van der Waals surface area (Å²) < 4.78 is 36.1. The van der Waals surface area contributed by atoms with Gasteiger partial charge in [0.1, 0.15) is 0 Å². The summed E-state index contributed by atoms with van der Waals surface area (Å²) in [4.78, 5) is 1.30. The maximum Gasteiger partial charge on any atom is 0.401 e. The lowest BCUT2D eigenvalue weighted by atomic mass is 9.94. The van der Waals surface area contributed by atoms with Crippen molar-refractivity contribution in [2.75, 3.05) is 20.1 Å². The van der Waals surface area contributed by atoms with Crippen LogP contribution in [0, 0.1) is 0 Å². The largest absolute Gasteiger partial charge is 0.401 e. The number of rotatable bonds is 4.